The minimum absolute atomic E-state index is 0.0564. The summed E-state index contributed by atoms with van der Waals surface area (Å²) in [5.74, 6) is -0.557. The SMILES string of the molecule is CCCCCCC/C=C\C/C=C\CCCCCCCCCCCCCCCCCCCCCCCCCCCCCCCC(=O)OC(CO)COC(=O)CCCCCCCCCCCCCCCCCCCCCCCCCCCCCCCCCCCCCCC. The van der Waals surface area contributed by atoms with Gasteiger partial charge >= 0.3 is 11.9 Å². The van der Waals surface area contributed by atoms with Crippen molar-refractivity contribution in [3.05, 3.63) is 24.3 Å². The molecule has 5 heteroatoms. The maximum Gasteiger partial charge on any atom is 0.306 e. The minimum Gasteiger partial charge on any atom is -0.462 e. The summed E-state index contributed by atoms with van der Waals surface area (Å²) < 4.78 is 10.8. The monoisotopic (exact) mass is 1290 g/mol. The van der Waals surface area contributed by atoms with Crippen molar-refractivity contribution in [2.24, 2.45) is 0 Å². The van der Waals surface area contributed by atoms with Crippen LogP contribution in [-0.4, -0.2) is 36.4 Å². The van der Waals surface area contributed by atoms with E-state index >= 15 is 0 Å². The predicted molar refractivity (Wildman–Crippen MR) is 408 cm³/mol. The van der Waals surface area contributed by atoms with Crippen LogP contribution in [0.1, 0.15) is 502 Å². The summed E-state index contributed by atoms with van der Waals surface area (Å²) in [5, 5.41) is 9.74. The number of aliphatic hydroxyl groups excluding tert-OH is 1. The van der Waals surface area contributed by atoms with Gasteiger partial charge in [0, 0.05) is 12.8 Å². The molecule has 0 aromatic carbocycles. The molecule has 1 N–H and O–H groups in total. The van der Waals surface area contributed by atoms with Crippen LogP contribution in [-0.2, 0) is 19.1 Å². The molecule has 0 aromatic rings. The van der Waals surface area contributed by atoms with Gasteiger partial charge in [-0.25, -0.2) is 0 Å². The van der Waals surface area contributed by atoms with Gasteiger partial charge in [0.15, 0.2) is 6.10 Å². The van der Waals surface area contributed by atoms with Crippen molar-refractivity contribution in [1.82, 2.24) is 0 Å². The molecule has 0 aromatic heterocycles. The largest absolute Gasteiger partial charge is 0.462 e. The lowest BCUT2D eigenvalue weighted by Gasteiger charge is -2.15. The van der Waals surface area contributed by atoms with Crippen molar-refractivity contribution >= 4 is 11.9 Å². The molecule has 0 heterocycles. The van der Waals surface area contributed by atoms with Gasteiger partial charge in [0.25, 0.3) is 0 Å². The van der Waals surface area contributed by atoms with Gasteiger partial charge < -0.3 is 14.6 Å². The Hall–Kier alpha value is -1.62. The molecule has 0 fully saturated rings. The fourth-order valence-corrected chi connectivity index (χ4v) is 13.8. The van der Waals surface area contributed by atoms with Crippen LogP contribution in [0.3, 0.4) is 0 Å². The first-order chi connectivity index (χ1) is 45.6. The number of hydrogen-bond donors (Lipinski definition) is 1. The van der Waals surface area contributed by atoms with Crippen LogP contribution in [0.2, 0.25) is 0 Å². The van der Waals surface area contributed by atoms with Crippen LogP contribution in [0.25, 0.3) is 0 Å². The highest BCUT2D eigenvalue weighted by Crippen LogP contribution is 2.21. The van der Waals surface area contributed by atoms with Gasteiger partial charge in [0.2, 0.25) is 0 Å². The lowest BCUT2D eigenvalue weighted by molar-refractivity contribution is -0.161. The molecule has 5 nitrogen and oxygen atoms in total. The zero-order valence-electron chi connectivity index (χ0n) is 63.1. The van der Waals surface area contributed by atoms with Gasteiger partial charge in [-0.2, -0.15) is 0 Å². The van der Waals surface area contributed by atoms with Crippen LogP contribution < -0.4 is 0 Å². The molecule has 0 saturated carbocycles. The Kier molecular flexibility index (Phi) is 82.1. The number of hydrogen-bond acceptors (Lipinski definition) is 5. The molecule has 0 rings (SSSR count). The normalized spacial score (nSPS) is 12.2. The van der Waals surface area contributed by atoms with Crippen LogP contribution in [0.5, 0.6) is 0 Å². The zero-order chi connectivity index (χ0) is 66.1. The Morgan fingerprint density at radius 1 is 0.250 bits per heavy atom. The molecule has 546 valence electrons. The smallest absolute Gasteiger partial charge is 0.306 e. The first-order valence-corrected chi connectivity index (χ1v) is 42.9. The molecule has 1 atom stereocenters. The van der Waals surface area contributed by atoms with Crippen molar-refractivity contribution < 1.29 is 24.2 Å². The number of carbonyl (C=O) groups is 2. The number of ether oxygens (including phenoxy) is 2. The summed E-state index contributed by atoms with van der Waals surface area (Å²) in [5.41, 5.74) is 0. The van der Waals surface area contributed by atoms with Crippen molar-refractivity contribution in [1.29, 1.82) is 0 Å². The number of allylic oxidation sites excluding steroid dienone is 4. The summed E-state index contributed by atoms with van der Waals surface area (Å²) in [6, 6.07) is 0. The van der Waals surface area contributed by atoms with Crippen molar-refractivity contribution in [3.63, 3.8) is 0 Å². The third kappa shape index (κ3) is 80.8. The van der Waals surface area contributed by atoms with Crippen LogP contribution in [0.4, 0.5) is 0 Å². The Bertz CT molecular complexity index is 1420. The van der Waals surface area contributed by atoms with E-state index in [1.54, 1.807) is 0 Å². The minimum atomic E-state index is -0.768. The van der Waals surface area contributed by atoms with Crippen molar-refractivity contribution in [3.8, 4) is 0 Å². The summed E-state index contributed by atoms with van der Waals surface area (Å²) in [4.78, 5) is 24.7. The Balaban J connectivity index is 3.33. The number of carbonyl (C=O) groups excluding carboxylic acids is 2. The van der Waals surface area contributed by atoms with E-state index in [4.69, 9.17) is 9.47 Å². The molecule has 0 radical (unpaired) electrons. The van der Waals surface area contributed by atoms with E-state index in [2.05, 4.69) is 38.2 Å². The first kappa shape index (κ1) is 90.4. The molecule has 0 saturated heterocycles. The third-order valence-electron chi connectivity index (χ3n) is 20.2. The maximum atomic E-state index is 12.4. The van der Waals surface area contributed by atoms with Crippen LogP contribution in [0.15, 0.2) is 24.3 Å². The molecule has 0 aliphatic rings. The van der Waals surface area contributed by atoms with Gasteiger partial charge in [0.05, 0.1) is 6.61 Å². The summed E-state index contributed by atoms with van der Waals surface area (Å²) in [6.07, 6.45) is 112. The second-order valence-corrected chi connectivity index (χ2v) is 29.6. The fraction of sp³-hybridized carbons (Fsp3) is 0.931. The van der Waals surface area contributed by atoms with Crippen molar-refractivity contribution in [2.75, 3.05) is 13.2 Å². The molecule has 0 bridgehead atoms. The highest BCUT2D eigenvalue weighted by molar-refractivity contribution is 5.70. The molecular formula is C87H168O5. The quantitative estimate of drug-likeness (QED) is 0.0373. The number of unbranched alkanes of at least 4 members (excludes halogenated alkanes) is 70. The lowest BCUT2D eigenvalue weighted by atomic mass is 10.0. The third-order valence-corrected chi connectivity index (χ3v) is 20.2. The summed E-state index contributed by atoms with van der Waals surface area (Å²) >= 11 is 0. The standard InChI is InChI=1S/C87H168O5/c1-3-5-7-9-11-13-15-17-19-21-23-25-27-29-31-33-35-37-39-41-42-43-44-46-48-50-52-54-56-58-60-62-64-66-68-70-72-74-76-78-80-82-87(90)92-85(83-88)84-91-86(89)81-79-77-75-73-71-69-67-65-63-61-59-57-55-53-51-49-47-45-40-38-36-34-32-30-28-26-24-22-20-18-16-14-12-10-8-6-4-2/h15,17,21,23,85,88H,3-14,16,18-20,22,24-84H2,1-2H3/b17-15-,23-21-. The second kappa shape index (κ2) is 83.6. The predicted octanol–water partition coefficient (Wildman–Crippen LogP) is 30.2. The number of aliphatic hydroxyl groups is 1. The van der Waals surface area contributed by atoms with Crippen LogP contribution >= 0.6 is 0 Å². The zero-order valence-corrected chi connectivity index (χ0v) is 63.1. The van der Waals surface area contributed by atoms with Crippen LogP contribution in [0, 0.1) is 0 Å². The Labute approximate surface area is 578 Å². The Morgan fingerprint density at radius 3 is 0.641 bits per heavy atom. The van der Waals surface area contributed by atoms with E-state index < -0.39 is 6.10 Å². The van der Waals surface area contributed by atoms with Gasteiger partial charge in [-0.15, -0.1) is 0 Å². The molecule has 0 spiro atoms. The van der Waals surface area contributed by atoms with E-state index in [1.165, 1.54) is 437 Å². The maximum absolute atomic E-state index is 12.4. The average molecular weight is 1290 g/mol. The van der Waals surface area contributed by atoms with E-state index in [0.717, 1.165) is 38.5 Å². The number of esters is 2. The lowest BCUT2D eigenvalue weighted by Crippen LogP contribution is -2.28. The molecule has 1 unspecified atom stereocenters. The molecule has 92 heavy (non-hydrogen) atoms. The van der Waals surface area contributed by atoms with Gasteiger partial charge in [-0.3, -0.25) is 9.59 Å². The second-order valence-electron chi connectivity index (χ2n) is 29.6. The van der Waals surface area contributed by atoms with E-state index in [1.807, 2.05) is 0 Å². The molecule has 0 aliphatic carbocycles. The van der Waals surface area contributed by atoms with Gasteiger partial charge in [-0.1, -0.05) is 468 Å². The van der Waals surface area contributed by atoms with Crippen molar-refractivity contribution in [2.45, 2.75) is 508 Å². The summed E-state index contributed by atoms with van der Waals surface area (Å²) in [6.45, 7) is 4.22. The van der Waals surface area contributed by atoms with E-state index in [9.17, 15) is 14.7 Å². The molecular weight excluding hydrogens is 1120 g/mol. The highest BCUT2D eigenvalue weighted by atomic mass is 16.6. The van der Waals surface area contributed by atoms with Gasteiger partial charge in [-0.05, 0) is 44.9 Å². The first-order valence-electron chi connectivity index (χ1n) is 42.9. The van der Waals surface area contributed by atoms with Gasteiger partial charge in [0.1, 0.15) is 6.61 Å². The average Bonchev–Trinajstić information content (AvgIpc) is 3.64. The summed E-state index contributed by atoms with van der Waals surface area (Å²) in [7, 11) is 0. The Morgan fingerprint density at radius 2 is 0.435 bits per heavy atom. The van der Waals surface area contributed by atoms with E-state index in [-0.39, 0.29) is 25.2 Å². The highest BCUT2D eigenvalue weighted by Gasteiger charge is 2.16. The molecule has 0 aliphatic heterocycles. The fourth-order valence-electron chi connectivity index (χ4n) is 13.8. The number of rotatable bonds is 82. The molecule has 0 amide bonds. The van der Waals surface area contributed by atoms with E-state index in [0.29, 0.717) is 12.8 Å². The topological polar surface area (TPSA) is 72.8 Å².